The number of hydrogen-bond donors (Lipinski definition) is 2. The summed E-state index contributed by atoms with van der Waals surface area (Å²) in [6.07, 6.45) is 8.46. The fourth-order valence-electron chi connectivity index (χ4n) is 7.02. The van der Waals surface area contributed by atoms with Gasteiger partial charge >= 0.3 is 0 Å². The van der Waals surface area contributed by atoms with Crippen LogP contribution in [-0.2, 0) is 25.7 Å². The van der Waals surface area contributed by atoms with Crippen molar-refractivity contribution in [1.82, 2.24) is 10.2 Å². The van der Waals surface area contributed by atoms with Crippen LogP contribution in [0, 0.1) is 25.7 Å². The van der Waals surface area contributed by atoms with Crippen molar-refractivity contribution in [3.8, 4) is 0 Å². The van der Waals surface area contributed by atoms with Crippen molar-refractivity contribution in [2.75, 3.05) is 5.32 Å². The minimum Gasteiger partial charge on any atom is -0.359 e. The SMILES string of the molecule is Cc1cc(C)cc(NC(=O)C2[C@@H]3C=CC4(O3)C(C(=O)NC3CCCCC3)N(Cc3ccccc3)C(=O)[C@H]24)c1. The molecule has 3 fully saturated rings. The van der Waals surface area contributed by atoms with E-state index in [2.05, 4.69) is 10.6 Å². The molecule has 3 aliphatic heterocycles. The largest absolute Gasteiger partial charge is 0.359 e. The number of carbonyl (C=O) groups excluding carboxylic acids is 3. The fourth-order valence-corrected chi connectivity index (χ4v) is 7.02. The Kier molecular flexibility index (Phi) is 6.34. The smallest absolute Gasteiger partial charge is 0.246 e. The maximum Gasteiger partial charge on any atom is 0.246 e. The van der Waals surface area contributed by atoms with E-state index in [1.165, 1.54) is 6.42 Å². The zero-order valence-electron chi connectivity index (χ0n) is 22.0. The van der Waals surface area contributed by atoms with Crippen LogP contribution in [0.1, 0.15) is 48.8 Å². The van der Waals surface area contributed by atoms with Crippen molar-refractivity contribution in [3.05, 3.63) is 77.4 Å². The first kappa shape index (κ1) is 24.9. The van der Waals surface area contributed by atoms with E-state index in [4.69, 9.17) is 4.74 Å². The van der Waals surface area contributed by atoms with Crippen LogP contribution >= 0.6 is 0 Å². The monoisotopic (exact) mass is 513 g/mol. The zero-order valence-corrected chi connectivity index (χ0v) is 22.0. The van der Waals surface area contributed by atoms with E-state index in [1.807, 2.05) is 74.5 Å². The lowest BCUT2D eigenvalue weighted by Crippen LogP contribution is -2.56. The van der Waals surface area contributed by atoms with E-state index in [9.17, 15) is 14.4 Å². The highest BCUT2D eigenvalue weighted by atomic mass is 16.5. The number of nitrogens with one attached hydrogen (secondary N) is 2. The first-order valence-corrected chi connectivity index (χ1v) is 13.8. The Bertz CT molecular complexity index is 1270. The van der Waals surface area contributed by atoms with Crippen LogP contribution in [-0.4, -0.2) is 46.4 Å². The van der Waals surface area contributed by atoms with Crippen LogP contribution in [0.3, 0.4) is 0 Å². The second kappa shape index (κ2) is 9.70. The lowest BCUT2D eigenvalue weighted by atomic mass is 9.74. The van der Waals surface area contributed by atoms with Gasteiger partial charge in [0.25, 0.3) is 0 Å². The van der Waals surface area contributed by atoms with E-state index < -0.39 is 29.6 Å². The highest BCUT2D eigenvalue weighted by Gasteiger charge is 2.72. The molecule has 6 rings (SSSR count). The molecule has 3 amide bonds. The van der Waals surface area contributed by atoms with Gasteiger partial charge in [-0.15, -0.1) is 0 Å². The maximum absolute atomic E-state index is 14.1. The Morgan fingerprint density at radius 1 is 1.00 bits per heavy atom. The van der Waals surface area contributed by atoms with Crippen molar-refractivity contribution >= 4 is 23.4 Å². The molecule has 2 N–H and O–H groups in total. The van der Waals surface area contributed by atoms with Gasteiger partial charge in [0.2, 0.25) is 17.7 Å². The van der Waals surface area contributed by atoms with Crippen molar-refractivity contribution < 1.29 is 19.1 Å². The highest BCUT2D eigenvalue weighted by Crippen LogP contribution is 2.55. The van der Waals surface area contributed by atoms with Crippen molar-refractivity contribution in [1.29, 1.82) is 0 Å². The molecule has 3 heterocycles. The van der Waals surface area contributed by atoms with E-state index in [0.29, 0.717) is 5.69 Å². The van der Waals surface area contributed by atoms with Gasteiger partial charge < -0.3 is 20.3 Å². The van der Waals surface area contributed by atoms with Crippen LogP contribution in [0.4, 0.5) is 5.69 Å². The molecule has 3 unspecified atom stereocenters. The summed E-state index contributed by atoms with van der Waals surface area (Å²) < 4.78 is 6.47. The Hall–Kier alpha value is -3.45. The van der Waals surface area contributed by atoms with Gasteiger partial charge in [0, 0.05) is 18.3 Å². The Morgan fingerprint density at radius 3 is 2.42 bits per heavy atom. The number of aryl methyl sites for hydroxylation is 2. The summed E-state index contributed by atoms with van der Waals surface area (Å²) in [5.74, 6) is -2.11. The molecular weight excluding hydrogens is 478 g/mol. The summed E-state index contributed by atoms with van der Waals surface area (Å²) in [4.78, 5) is 43.3. The first-order valence-electron chi connectivity index (χ1n) is 13.8. The van der Waals surface area contributed by atoms with E-state index in [-0.39, 0.29) is 30.3 Å². The van der Waals surface area contributed by atoms with Crippen LogP contribution < -0.4 is 10.6 Å². The van der Waals surface area contributed by atoms with Crippen LogP contribution in [0.2, 0.25) is 0 Å². The molecule has 0 aromatic heterocycles. The van der Waals surface area contributed by atoms with Crippen LogP contribution in [0.15, 0.2) is 60.7 Å². The molecule has 1 aliphatic carbocycles. The van der Waals surface area contributed by atoms with E-state index in [1.54, 1.807) is 4.90 Å². The third-order valence-corrected chi connectivity index (χ3v) is 8.56. The quantitative estimate of drug-likeness (QED) is 0.571. The van der Waals surface area contributed by atoms with Gasteiger partial charge in [-0.3, -0.25) is 14.4 Å². The molecule has 1 spiro atoms. The van der Waals surface area contributed by atoms with Gasteiger partial charge in [-0.2, -0.15) is 0 Å². The van der Waals surface area contributed by atoms with E-state index >= 15 is 0 Å². The number of anilines is 1. The van der Waals surface area contributed by atoms with Gasteiger partial charge in [0.05, 0.1) is 17.9 Å². The minimum absolute atomic E-state index is 0.103. The molecule has 7 heteroatoms. The molecule has 1 saturated carbocycles. The second-order valence-electron chi connectivity index (χ2n) is 11.4. The number of benzene rings is 2. The lowest BCUT2D eigenvalue weighted by Gasteiger charge is -2.34. The Labute approximate surface area is 223 Å². The average molecular weight is 514 g/mol. The van der Waals surface area contributed by atoms with Gasteiger partial charge in [0.1, 0.15) is 11.6 Å². The maximum atomic E-state index is 14.1. The Balaban J connectivity index is 1.32. The molecule has 2 bridgehead atoms. The van der Waals surface area contributed by atoms with Gasteiger partial charge in [-0.05, 0) is 55.5 Å². The number of likely N-dealkylation sites (tertiary alicyclic amines) is 1. The molecule has 2 aromatic rings. The Morgan fingerprint density at radius 2 is 1.71 bits per heavy atom. The molecule has 198 valence electrons. The molecule has 4 aliphatic rings. The predicted octanol–water partition coefficient (Wildman–Crippen LogP) is 4.04. The van der Waals surface area contributed by atoms with Crippen LogP contribution in [0.5, 0.6) is 0 Å². The molecule has 7 nitrogen and oxygen atoms in total. The zero-order chi connectivity index (χ0) is 26.4. The number of rotatable bonds is 6. The number of ether oxygens (including phenoxy) is 1. The predicted molar refractivity (Wildman–Crippen MR) is 144 cm³/mol. The number of carbonyl (C=O) groups is 3. The number of hydrogen-bond acceptors (Lipinski definition) is 4. The van der Waals surface area contributed by atoms with Gasteiger partial charge in [-0.25, -0.2) is 0 Å². The molecule has 38 heavy (non-hydrogen) atoms. The van der Waals surface area contributed by atoms with Crippen molar-refractivity contribution in [2.45, 2.75) is 76.3 Å². The third kappa shape index (κ3) is 4.23. The standard InChI is InChI=1S/C31H35N3O4/c1-19-15-20(2)17-23(16-19)33-28(35)25-24-13-14-31(38-24)26(25)30(37)34(18-21-9-5-3-6-10-21)27(31)29(36)32-22-11-7-4-8-12-22/h3,5-6,9-10,13-17,22,24-27H,4,7-8,11-12,18H2,1-2H3,(H,32,36)(H,33,35)/t24-,25?,26-,27?,31?/m0/s1. The fraction of sp³-hybridized carbons (Fsp3) is 0.452. The summed E-state index contributed by atoms with van der Waals surface area (Å²) >= 11 is 0. The van der Waals surface area contributed by atoms with Crippen molar-refractivity contribution in [3.63, 3.8) is 0 Å². The lowest BCUT2D eigenvalue weighted by molar-refractivity contribution is -0.142. The summed E-state index contributed by atoms with van der Waals surface area (Å²) in [6, 6.07) is 14.8. The molecule has 0 radical (unpaired) electrons. The van der Waals surface area contributed by atoms with E-state index in [0.717, 1.165) is 42.4 Å². The normalized spacial score (nSPS) is 29.9. The van der Waals surface area contributed by atoms with Crippen LogP contribution in [0.25, 0.3) is 0 Å². The first-order chi connectivity index (χ1) is 18.4. The average Bonchev–Trinajstić information content (AvgIpc) is 3.52. The molecule has 2 saturated heterocycles. The third-order valence-electron chi connectivity index (χ3n) is 8.56. The highest BCUT2D eigenvalue weighted by molar-refractivity contribution is 6.02. The second-order valence-corrected chi connectivity index (χ2v) is 11.4. The van der Waals surface area contributed by atoms with Gasteiger partial charge in [0.15, 0.2) is 0 Å². The molecular formula is C31H35N3O4. The summed E-state index contributed by atoms with van der Waals surface area (Å²) in [5, 5.41) is 6.27. The molecule has 5 atom stereocenters. The summed E-state index contributed by atoms with van der Waals surface area (Å²) in [6.45, 7) is 4.25. The number of fused-ring (bicyclic) bond motifs is 1. The summed E-state index contributed by atoms with van der Waals surface area (Å²) in [7, 11) is 0. The van der Waals surface area contributed by atoms with Gasteiger partial charge in [-0.1, -0.05) is 67.8 Å². The number of amides is 3. The number of nitrogens with zero attached hydrogens (tertiary/aromatic N) is 1. The molecule has 2 aromatic carbocycles. The minimum atomic E-state index is -1.15. The topological polar surface area (TPSA) is 87.7 Å². The van der Waals surface area contributed by atoms with Crippen molar-refractivity contribution in [2.24, 2.45) is 11.8 Å². The summed E-state index contributed by atoms with van der Waals surface area (Å²) in [5.41, 5.74) is 2.58.